The first-order valence-corrected chi connectivity index (χ1v) is 5.18. The Bertz CT molecular complexity index is 424. The molecule has 0 heterocycles. The number of halogens is 2. The second-order valence-electron chi connectivity index (χ2n) is 4.40. The fraction of sp³-hybridized carbons (Fsp3) is 0.455. The third-order valence-electron chi connectivity index (χ3n) is 2.58. The predicted molar refractivity (Wildman–Crippen MR) is 61.0 cm³/mol. The molecule has 1 aromatic rings. The highest BCUT2D eigenvalue weighted by atomic mass is 19.1. The van der Waals surface area contributed by atoms with Gasteiger partial charge in [0.2, 0.25) is 0 Å². The molecule has 0 aliphatic rings. The highest BCUT2D eigenvalue weighted by Crippen LogP contribution is 2.28. The van der Waals surface area contributed by atoms with Gasteiger partial charge in [-0.05, 0) is 20.3 Å². The monoisotopic (exact) mass is 244 g/mol. The van der Waals surface area contributed by atoms with Crippen LogP contribution in [0, 0.1) is 21.7 Å². The number of anilines is 1. The lowest BCUT2D eigenvalue weighted by atomic mass is 10.0. The van der Waals surface area contributed by atoms with Crippen LogP contribution in [0.4, 0.5) is 20.2 Å². The standard InChI is InChI=1S/C11H14F2N2O2/c1-4-11(2,3)14-10-8(12)5-7(15(16)17)6-9(10)13/h5-6,14H,4H2,1-3H3. The van der Waals surface area contributed by atoms with E-state index in [-0.39, 0.29) is 5.69 Å². The summed E-state index contributed by atoms with van der Waals surface area (Å²) in [5.74, 6) is -1.92. The van der Waals surface area contributed by atoms with Crippen LogP contribution in [0.1, 0.15) is 27.2 Å². The number of hydrogen-bond acceptors (Lipinski definition) is 3. The number of rotatable bonds is 4. The Morgan fingerprint density at radius 3 is 2.18 bits per heavy atom. The van der Waals surface area contributed by atoms with Gasteiger partial charge in [-0.15, -0.1) is 0 Å². The van der Waals surface area contributed by atoms with Crippen molar-refractivity contribution in [3.05, 3.63) is 33.9 Å². The van der Waals surface area contributed by atoms with Gasteiger partial charge in [0.1, 0.15) is 5.69 Å². The molecule has 94 valence electrons. The molecule has 1 N–H and O–H groups in total. The largest absolute Gasteiger partial charge is 0.375 e. The summed E-state index contributed by atoms with van der Waals surface area (Å²) in [6, 6.07) is 1.41. The van der Waals surface area contributed by atoms with Gasteiger partial charge in [0.15, 0.2) is 11.6 Å². The first-order chi connectivity index (χ1) is 7.76. The van der Waals surface area contributed by atoms with Gasteiger partial charge in [0.05, 0.1) is 17.1 Å². The molecular weight excluding hydrogens is 230 g/mol. The van der Waals surface area contributed by atoms with Gasteiger partial charge in [-0.3, -0.25) is 10.1 Å². The van der Waals surface area contributed by atoms with Crippen molar-refractivity contribution in [2.45, 2.75) is 32.7 Å². The minimum Gasteiger partial charge on any atom is -0.375 e. The van der Waals surface area contributed by atoms with E-state index < -0.39 is 27.8 Å². The third kappa shape index (κ3) is 3.12. The van der Waals surface area contributed by atoms with E-state index >= 15 is 0 Å². The Morgan fingerprint density at radius 1 is 1.35 bits per heavy atom. The van der Waals surface area contributed by atoms with E-state index in [2.05, 4.69) is 5.32 Å². The molecule has 0 amide bonds. The minimum absolute atomic E-state index is 0.331. The van der Waals surface area contributed by atoms with Crippen LogP contribution in [0.5, 0.6) is 0 Å². The molecule has 0 atom stereocenters. The molecule has 0 saturated carbocycles. The highest BCUT2D eigenvalue weighted by molar-refractivity contribution is 5.53. The van der Waals surface area contributed by atoms with Gasteiger partial charge in [-0.2, -0.15) is 0 Å². The highest BCUT2D eigenvalue weighted by Gasteiger charge is 2.22. The fourth-order valence-corrected chi connectivity index (χ4v) is 1.21. The second kappa shape index (κ2) is 4.65. The van der Waals surface area contributed by atoms with E-state index in [0.29, 0.717) is 18.6 Å². The van der Waals surface area contributed by atoms with Crippen LogP contribution in [-0.2, 0) is 0 Å². The number of benzene rings is 1. The van der Waals surface area contributed by atoms with Crippen molar-refractivity contribution in [1.29, 1.82) is 0 Å². The quantitative estimate of drug-likeness (QED) is 0.651. The van der Waals surface area contributed by atoms with Crippen LogP contribution in [-0.4, -0.2) is 10.5 Å². The predicted octanol–water partition coefficient (Wildman–Crippen LogP) is 3.47. The van der Waals surface area contributed by atoms with E-state index in [9.17, 15) is 18.9 Å². The summed E-state index contributed by atoms with van der Waals surface area (Å²) in [5, 5.41) is 13.1. The Morgan fingerprint density at radius 2 is 1.82 bits per heavy atom. The lowest BCUT2D eigenvalue weighted by Crippen LogP contribution is -2.30. The number of nitro benzene ring substituents is 1. The van der Waals surface area contributed by atoms with Crippen LogP contribution in [0.2, 0.25) is 0 Å². The average Bonchev–Trinajstić information content (AvgIpc) is 2.23. The molecule has 0 aliphatic carbocycles. The molecule has 4 nitrogen and oxygen atoms in total. The summed E-state index contributed by atoms with van der Waals surface area (Å²) < 4.78 is 27.1. The zero-order valence-electron chi connectivity index (χ0n) is 9.88. The van der Waals surface area contributed by atoms with Crippen molar-refractivity contribution in [3.8, 4) is 0 Å². The number of non-ortho nitro benzene ring substituents is 1. The van der Waals surface area contributed by atoms with Gasteiger partial charge in [0, 0.05) is 5.54 Å². The summed E-state index contributed by atoms with van der Waals surface area (Å²) in [4.78, 5) is 9.58. The summed E-state index contributed by atoms with van der Waals surface area (Å²) in [6.45, 7) is 5.44. The van der Waals surface area contributed by atoms with E-state index in [1.807, 2.05) is 6.92 Å². The number of nitrogens with one attached hydrogen (secondary N) is 1. The normalized spacial score (nSPS) is 11.4. The molecule has 17 heavy (non-hydrogen) atoms. The van der Waals surface area contributed by atoms with Gasteiger partial charge in [-0.25, -0.2) is 8.78 Å². The summed E-state index contributed by atoms with van der Waals surface area (Å²) in [6.07, 6.45) is 0.656. The van der Waals surface area contributed by atoms with E-state index in [1.165, 1.54) is 0 Å². The molecule has 0 unspecified atom stereocenters. The smallest absolute Gasteiger partial charge is 0.275 e. The van der Waals surface area contributed by atoms with Gasteiger partial charge in [-0.1, -0.05) is 6.92 Å². The molecule has 1 rings (SSSR count). The van der Waals surface area contributed by atoms with Crippen LogP contribution in [0.3, 0.4) is 0 Å². The Hall–Kier alpha value is -1.72. The van der Waals surface area contributed by atoms with E-state index in [4.69, 9.17) is 0 Å². The SMILES string of the molecule is CCC(C)(C)Nc1c(F)cc([N+](=O)[O-])cc1F. The maximum atomic E-state index is 13.5. The fourth-order valence-electron chi connectivity index (χ4n) is 1.21. The van der Waals surface area contributed by atoms with Crippen molar-refractivity contribution in [3.63, 3.8) is 0 Å². The Labute approximate surface area is 97.8 Å². The number of nitro groups is 1. The Kier molecular flexibility index (Phi) is 3.65. The lowest BCUT2D eigenvalue weighted by Gasteiger charge is -2.26. The second-order valence-corrected chi connectivity index (χ2v) is 4.40. The van der Waals surface area contributed by atoms with Crippen LogP contribution >= 0.6 is 0 Å². The number of hydrogen-bond donors (Lipinski definition) is 1. The van der Waals surface area contributed by atoms with E-state index in [0.717, 1.165) is 0 Å². The van der Waals surface area contributed by atoms with Crippen molar-refractivity contribution in [1.82, 2.24) is 0 Å². The average molecular weight is 244 g/mol. The lowest BCUT2D eigenvalue weighted by molar-refractivity contribution is -0.385. The molecule has 0 radical (unpaired) electrons. The summed E-state index contributed by atoms with van der Waals surface area (Å²) >= 11 is 0. The first-order valence-electron chi connectivity index (χ1n) is 5.18. The first kappa shape index (κ1) is 13.3. The van der Waals surface area contributed by atoms with E-state index in [1.54, 1.807) is 13.8 Å². The van der Waals surface area contributed by atoms with Gasteiger partial charge in [0.25, 0.3) is 5.69 Å². The van der Waals surface area contributed by atoms with Gasteiger partial charge >= 0.3 is 0 Å². The molecule has 0 fully saturated rings. The zero-order chi connectivity index (χ0) is 13.2. The summed E-state index contributed by atoms with van der Waals surface area (Å²) in [7, 11) is 0. The molecule has 0 saturated heterocycles. The molecule has 1 aromatic carbocycles. The van der Waals surface area contributed by atoms with Crippen molar-refractivity contribution in [2.24, 2.45) is 0 Å². The molecule has 0 bridgehead atoms. The summed E-state index contributed by atoms with van der Waals surface area (Å²) in [5.41, 5.74) is -1.42. The van der Waals surface area contributed by atoms with Gasteiger partial charge < -0.3 is 5.32 Å². The maximum absolute atomic E-state index is 13.5. The van der Waals surface area contributed by atoms with Crippen molar-refractivity contribution >= 4 is 11.4 Å². The molecule has 0 aromatic heterocycles. The van der Waals surface area contributed by atoms with Crippen LogP contribution in [0.25, 0.3) is 0 Å². The van der Waals surface area contributed by atoms with Crippen molar-refractivity contribution in [2.75, 3.05) is 5.32 Å². The zero-order valence-corrected chi connectivity index (χ0v) is 9.88. The minimum atomic E-state index is -0.960. The molecular formula is C11H14F2N2O2. The van der Waals surface area contributed by atoms with Crippen molar-refractivity contribution < 1.29 is 13.7 Å². The topological polar surface area (TPSA) is 55.2 Å². The maximum Gasteiger partial charge on any atom is 0.275 e. The Balaban J connectivity index is 3.15. The molecule has 0 spiro atoms. The molecule has 0 aliphatic heterocycles. The van der Waals surface area contributed by atoms with Crippen LogP contribution in [0.15, 0.2) is 12.1 Å². The van der Waals surface area contributed by atoms with Crippen LogP contribution < -0.4 is 5.32 Å². The third-order valence-corrected chi connectivity index (χ3v) is 2.58. The molecule has 6 heteroatoms. The number of nitrogens with zero attached hydrogens (tertiary/aromatic N) is 1.